The third kappa shape index (κ3) is 3.52. The maximum Gasteiger partial charge on any atom is 0.238 e. The lowest BCUT2D eigenvalue weighted by molar-refractivity contribution is -0.115. The SMILES string of the molecule is CC(=O)Nc1ccc(Cl)cc1NC(=O)CN. The first-order valence-electron chi connectivity index (χ1n) is 4.60. The van der Waals surface area contributed by atoms with E-state index in [0.29, 0.717) is 16.4 Å². The molecule has 0 bridgehead atoms. The van der Waals surface area contributed by atoms with E-state index in [1.165, 1.54) is 6.92 Å². The summed E-state index contributed by atoms with van der Waals surface area (Å²) in [5.41, 5.74) is 6.09. The molecule has 0 unspecified atom stereocenters. The first-order valence-corrected chi connectivity index (χ1v) is 4.98. The monoisotopic (exact) mass is 241 g/mol. The molecule has 5 nitrogen and oxygen atoms in total. The summed E-state index contributed by atoms with van der Waals surface area (Å²) < 4.78 is 0. The van der Waals surface area contributed by atoms with Crippen LogP contribution < -0.4 is 16.4 Å². The van der Waals surface area contributed by atoms with Gasteiger partial charge in [0.15, 0.2) is 0 Å². The van der Waals surface area contributed by atoms with Gasteiger partial charge in [-0.25, -0.2) is 0 Å². The number of hydrogen-bond donors (Lipinski definition) is 3. The fraction of sp³-hybridized carbons (Fsp3) is 0.200. The first-order chi connectivity index (χ1) is 7.52. The molecule has 0 radical (unpaired) electrons. The van der Waals surface area contributed by atoms with Crippen LogP contribution in [0.1, 0.15) is 6.92 Å². The van der Waals surface area contributed by atoms with Crippen molar-refractivity contribution in [2.75, 3.05) is 17.2 Å². The number of halogens is 1. The fourth-order valence-corrected chi connectivity index (χ4v) is 1.29. The number of hydrogen-bond acceptors (Lipinski definition) is 3. The van der Waals surface area contributed by atoms with Crippen molar-refractivity contribution in [2.24, 2.45) is 5.73 Å². The largest absolute Gasteiger partial charge is 0.325 e. The van der Waals surface area contributed by atoms with Crippen molar-refractivity contribution in [1.82, 2.24) is 0 Å². The first kappa shape index (κ1) is 12.5. The molecule has 0 atom stereocenters. The van der Waals surface area contributed by atoms with Gasteiger partial charge < -0.3 is 16.4 Å². The summed E-state index contributed by atoms with van der Waals surface area (Å²) in [5.74, 6) is -0.584. The Morgan fingerprint density at radius 3 is 2.56 bits per heavy atom. The summed E-state index contributed by atoms with van der Waals surface area (Å²) >= 11 is 5.78. The molecule has 6 heteroatoms. The predicted octanol–water partition coefficient (Wildman–Crippen LogP) is 1.20. The van der Waals surface area contributed by atoms with Gasteiger partial charge in [-0.2, -0.15) is 0 Å². The van der Waals surface area contributed by atoms with Gasteiger partial charge in [-0.1, -0.05) is 11.6 Å². The van der Waals surface area contributed by atoms with Crippen LogP contribution in [-0.2, 0) is 9.59 Å². The number of anilines is 2. The topological polar surface area (TPSA) is 84.2 Å². The number of amides is 2. The Balaban J connectivity index is 2.98. The number of carbonyl (C=O) groups excluding carboxylic acids is 2. The number of benzene rings is 1. The molecule has 0 saturated carbocycles. The number of nitrogens with two attached hydrogens (primary N) is 1. The molecular weight excluding hydrogens is 230 g/mol. The van der Waals surface area contributed by atoms with Gasteiger partial charge in [-0.15, -0.1) is 0 Å². The van der Waals surface area contributed by atoms with E-state index in [9.17, 15) is 9.59 Å². The molecule has 4 N–H and O–H groups in total. The van der Waals surface area contributed by atoms with E-state index < -0.39 is 0 Å². The Morgan fingerprint density at radius 2 is 2.00 bits per heavy atom. The zero-order valence-corrected chi connectivity index (χ0v) is 9.47. The van der Waals surface area contributed by atoms with Gasteiger partial charge in [0, 0.05) is 11.9 Å². The average molecular weight is 242 g/mol. The van der Waals surface area contributed by atoms with Gasteiger partial charge in [-0.3, -0.25) is 9.59 Å². The Kier molecular flexibility index (Phi) is 4.28. The van der Waals surface area contributed by atoms with Crippen LogP contribution in [0.4, 0.5) is 11.4 Å². The maximum absolute atomic E-state index is 11.1. The summed E-state index contributed by atoms with van der Waals surface area (Å²) in [6, 6.07) is 4.77. The molecule has 16 heavy (non-hydrogen) atoms. The van der Waals surface area contributed by atoms with Crippen LogP contribution >= 0.6 is 11.6 Å². The second kappa shape index (κ2) is 5.48. The summed E-state index contributed by atoms with van der Waals surface area (Å²) in [6.45, 7) is 1.25. The summed E-state index contributed by atoms with van der Waals surface area (Å²) in [5, 5.41) is 5.58. The van der Waals surface area contributed by atoms with Crippen LogP contribution in [0.25, 0.3) is 0 Å². The fourth-order valence-electron chi connectivity index (χ4n) is 1.12. The smallest absolute Gasteiger partial charge is 0.238 e. The lowest BCUT2D eigenvalue weighted by atomic mass is 10.2. The van der Waals surface area contributed by atoms with Crippen molar-refractivity contribution in [3.8, 4) is 0 Å². The summed E-state index contributed by atoms with van der Waals surface area (Å²) in [6.07, 6.45) is 0. The standard InChI is InChI=1S/C10H12ClN3O2/c1-6(15)13-8-3-2-7(11)4-9(8)14-10(16)5-12/h2-4H,5,12H2,1H3,(H,13,15)(H,14,16). The van der Waals surface area contributed by atoms with Crippen LogP contribution in [-0.4, -0.2) is 18.4 Å². The zero-order chi connectivity index (χ0) is 12.1. The summed E-state index contributed by atoms with van der Waals surface area (Å²) in [4.78, 5) is 22.1. The van der Waals surface area contributed by atoms with Crippen molar-refractivity contribution in [3.63, 3.8) is 0 Å². The molecule has 1 aromatic rings. The van der Waals surface area contributed by atoms with E-state index in [4.69, 9.17) is 17.3 Å². The highest BCUT2D eigenvalue weighted by Gasteiger charge is 2.07. The minimum Gasteiger partial charge on any atom is -0.325 e. The van der Waals surface area contributed by atoms with E-state index >= 15 is 0 Å². The number of nitrogens with one attached hydrogen (secondary N) is 2. The molecule has 0 spiro atoms. The van der Waals surface area contributed by atoms with Crippen molar-refractivity contribution in [3.05, 3.63) is 23.2 Å². The van der Waals surface area contributed by atoms with Gasteiger partial charge >= 0.3 is 0 Å². The molecule has 86 valence electrons. The molecule has 1 aromatic carbocycles. The lowest BCUT2D eigenvalue weighted by Gasteiger charge is -2.11. The Hall–Kier alpha value is -1.59. The molecule has 0 aromatic heterocycles. The molecule has 0 fully saturated rings. The van der Waals surface area contributed by atoms with Gasteiger partial charge in [-0.05, 0) is 18.2 Å². The van der Waals surface area contributed by atoms with Crippen molar-refractivity contribution in [1.29, 1.82) is 0 Å². The van der Waals surface area contributed by atoms with E-state index in [-0.39, 0.29) is 18.4 Å². The van der Waals surface area contributed by atoms with Crippen LogP contribution in [0.2, 0.25) is 5.02 Å². The molecule has 0 aliphatic rings. The average Bonchev–Trinajstić information content (AvgIpc) is 2.21. The van der Waals surface area contributed by atoms with E-state index in [1.807, 2.05) is 0 Å². The Morgan fingerprint density at radius 1 is 1.31 bits per heavy atom. The van der Waals surface area contributed by atoms with Crippen molar-refractivity contribution < 1.29 is 9.59 Å². The third-order valence-corrected chi connectivity index (χ3v) is 1.99. The van der Waals surface area contributed by atoms with E-state index in [0.717, 1.165) is 0 Å². The van der Waals surface area contributed by atoms with Gasteiger partial charge in [0.2, 0.25) is 11.8 Å². The molecule has 0 aliphatic heterocycles. The minimum absolute atomic E-state index is 0.133. The van der Waals surface area contributed by atoms with Crippen molar-refractivity contribution in [2.45, 2.75) is 6.92 Å². The Bertz CT molecular complexity index is 421. The number of rotatable bonds is 3. The quantitative estimate of drug-likeness (QED) is 0.743. The second-order valence-corrected chi connectivity index (χ2v) is 3.56. The normalized spacial score (nSPS) is 9.69. The molecular formula is C10H12ClN3O2. The highest BCUT2D eigenvalue weighted by atomic mass is 35.5. The molecule has 0 aliphatic carbocycles. The van der Waals surface area contributed by atoms with Gasteiger partial charge in [0.1, 0.15) is 0 Å². The molecule has 0 saturated heterocycles. The Labute approximate surface area is 98.0 Å². The van der Waals surface area contributed by atoms with Gasteiger partial charge in [0.05, 0.1) is 17.9 Å². The second-order valence-electron chi connectivity index (χ2n) is 3.12. The zero-order valence-electron chi connectivity index (χ0n) is 8.71. The highest BCUT2D eigenvalue weighted by Crippen LogP contribution is 2.25. The maximum atomic E-state index is 11.1. The third-order valence-electron chi connectivity index (χ3n) is 1.75. The van der Waals surface area contributed by atoms with E-state index in [1.54, 1.807) is 18.2 Å². The molecule has 0 heterocycles. The van der Waals surface area contributed by atoms with Gasteiger partial charge in [0.25, 0.3) is 0 Å². The summed E-state index contributed by atoms with van der Waals surface area (Å²) in [7, 11) is 0. The molecule has 2 amide bonds. The van der Waals surface area contributed by atoms with Crippen molar-refractivity contribution >= 4 is 34.8 Å². The predicted molar refractivity (Wildman–Crippen MR) is 63.4 cm³/mol. The lowest BCUT2D eigenvalue weighted by Crippen LogP contribution is -2.22. The minimum atomic E-state index is -0.353. The van der Waals surface area contributed by atoms with Crippen LogP contribution in [0.3, 0.4) is 0 Å². The van der Waals surface area contributed by atoms with E-state index in [2.05, 4.69) is 10.6 Å². The van der Waals surface area contributed by atoms with Crippen LogP contribution in [0, 0.1) is 0 Å². The van der Waals surface area contributed by atoms with Crippen LogP contribution in [0.5, 0.6) is 0 Å². The highest BCUT2D eigenvalue weighted by molar-refractivity contribution is 6.31. The van der Waals surface area contributed by atoms with Crippen LogP contribution in [0.15, 0.2) is 18.2 Å². The number of carbonyl (C=O) groups is 2. The molecule has 1 rings (SSSR count).